The van der Waals surface area contributed by atoms with Gasteiger partial charge in [-0.05, 0) is 59.8 Å². The van der Waals surface area contributed by atoms with Gasteiger partial charge in [-0.15, -0.1) is 46.2 Å². The van der Waals surface area contributed by atoms with Gasteiger partial charge in [0.25, 0.3) is 0 Å². The maximum Gasteiger partial charge on any atom is -1.00 e. The van der Waals surface area contributed by atoms with Crippen molar-refractivity contribution in [2.75, 3.05) is 0 Å². The fourth-order valence-corrected chi connectivity index (χ4v) is 8.27. The Morgan fingerprint density at radius 1 is 0.685 bits per heavy atom. The summed E-state index contributed by atoms with van der Waals surface area (Å²) < 4.78 is 27.0. The van der Waals surface area contributed by atoms with Gasteiger partial charge in [0, 0.05) is 0 Å². The second kappa shape index (κ2) is 17.0. The molecular weight excluding hydrogens is 789 g/mol. The molecule has 0 aliphatic heterocycles. The molecule has 5 aromatic rings. The molecule has 0 atom stereocenters. The molecule has 3 aliphatic carbocycles. The molecule has 0 heterocycles. The molecule has 3 aliphatic rings. The van der Waals surface area contributed by atoms with Gasteiger partial charge in [0.2, 0.25) is 0 Å². The van der Waals surface area contributed by atoms with Gasteiger partial charge in [-0.25, -0.2) is 6.08 Å². The van der Waals surface area contributed by atoms with E-state index >= 15 is 0 Å². The molecule has 0 unspecified atom stereocenters. The third kappa shape index (κ3) is 9.29. The van der Waals surface area contributed by atoms with E-state index in [0.717, 1.165) is 57.8 Å². The molecule has 0 nitrogen and oxygen atoms in total. The first-order valence-electron chi connectivity index (χ1n) is 18.4. The molecule has 0 amide bonds. The third-order valence-electron chi connectivity index (χ3n) is 10.9. The van der Waals surface area contributed by atoms with Crippen molar-refractivity contribution in [3.05, 3.63) is 160 Å². The quantitative estimate of drug-likeness (QED) is 0.160. The molecule has 0 aromatic heterocycles. The van der Waals surface area contributed by atoms with Gasteiger partial charge in [-0.2, -0.15) is 11.6 Å². The van der Waals surface area contributed by atoms with E-state index in [-0.39, 0.29) is 47.3 Å². The molecule has 8 rings (SSSR count). The SMILES string of the molecule is CC(C)(C)C1=CC[C-]=C1.CC1=CCC(C)(C)c2cc3[cH-]c4cc5c(cc4c3cc21)C(C)=CCC5(C)C.Fc1cccc([C](=[Zr+2])c2cccc(F)c2)c1.[Cl-].[Cl-]. The number of hydrogen-bond acceptors (Lipinski definition) is 0. The number of rotatable bonds is 2. The van der Waals surface area contributed by atoms with Crippen LogP contribution in [0.2, 0.25) is 0 Å². The van der Waals surface area contributed by atoms with Gasteiger partial charge < -0.3 is 24.8 Å². The van der Waals surface area contributed by atoms with Crippen molar-refractivity contribution in [1.29, 1.82) is 0 Å². The average Bonchev–Trinajstić information content (AvgIpc) is 3.77. The summed E-state index contributed by atoms with van der Waals surface area (Å²) in [6.07, 6.45) is 15.6. The molecule has 0 radical (unpaired) electrons. The van der Waals surface area contributed by atoms with Crippen LogP contribution in [0.1, 0.15) is 115 Å². The topological polar surface area (TPSA) is 0 Å². The summed E-state index contributed by atoms with van der Waals surface area (Å²) in [5.74, 6) is -0.539. The molecule has 5 heteroatoms. The Kier molecular flexibility index (Phi) is 13.7. The Bertz CT molecular complexity index is 2180. The second-order valence-corrected chi connectivity index (χ2v) is 18.2. The van der Waals surface area contributed by atoms with Crippen LogP contribution < -0.4 is 24.8 Å². The molecule has 0 spiro atoms. The van der Waals surface area contributed by atoms with Crippen LogP contribution in [0.5, 0.6) is 0 Å². The third-order valence-corrected chi connectivity index (χ3v) is 12.3. The van der Waals surface area contributed by atoms with Crippen molar-refractivity contribution in [2.45, 2.75) is 92.4 Å². The van der Waals surface area contributed by atoms with Crippen molar-refractivity contribution in [3.8, 4) is 0 Å². The van der Waals surface area contributed by atoms with Gasteiger partial charge in [-0.1, -0.05) is 89.3 Å². The summed E-state index contributed by atoms with van der Waals surface area (Å²) in [6, 6.07) is 25.0. The van der Waals surface area contributed by atoms with Gasteiger partial charge >= 0.3 is 108 Å². The van der Waals surface area contributed by atoms with Crippen molar-refractivity contribution in [2.24, 2.45) is 5.41 Å². The van der Waals surface area contributed by atoms with Crippen LogP contribution in [0.4, 0.5) is 8.78 Å². The number of halogens is 4. The van der Waals surface area contributed by atoms with Crippen molar-refractivity contribution in [3.63, 3.8) is 0 Å². The van der Waals surface area contributed by atoms with Gasteiger partial charge in [-0.3, -0.25) is 6.08 Å². The zero-order chi connectivity index (χ0) is 37.6. The predicted molar refractivity (Wildman–Crippen MR) is 216 cm³/mol. The summed E-state index contributed by atoms with van der Waals surface area (Å²) in [7, 11) is 0. The van der Waals surface area contributed by atoms with Crippen molar-refractivity contribution < 1.29 is 57.8 Å². The molecule has 0 saturated heterocycles. The summed E-state index contributed by atoms with van der Waals surface area (Å²) in [5, 5.41) is 5.61. The Labute approximate surface area is 349 Å². The monoisotopic (exact) mass is 836 g/mol. The fraction of sp³-hybridized carbons (Fsp3) is 0.306. The first-order chi connectivity index (χ1) is 24.4. The minimum atomic E-state index is -0.270. The second-order valence-electron chi connectivity index (χ2n) is 16.9. The van der Waals surface area contributed by atoms with Crippen LogP contribution in [0.15, 0.2) is 109 Å². The molecule has 0 bridgehead atoms. The molecule has 0 N–H and O–H groups in total. The summed E-state index contributed by atoms with van der Waals surface area (Å²) in [5.41, 5.74) is 12.5. The minimum Gasteiger partial charge on any atom is -1.00 e. The van der Waals surface area contributed by atoms with E-state index < -0.39 is 0 Å². The number of fused-ring (bicyclic) bond motifs is 5. The fourth-order valence-electron chi connectivity index (χ4n) is 7.51. The first-order valence-corrected chi connectivity index (χ1v) is 19.6. The Hall–Kier alpha value is -3.10. The zero-order valence-electron chi connectivity index (χ0n) is 32.9. The average molecular weight is 839 g/mol. The van der Waals surface area contributed by atoms with Crippen LogP contribution >= 0.6 is 0 Å². The molecular formula is C49H50Cl2F2Zr-2. The smallest absolute Gasteiger partial charge is 1.00 e. The Balaban J connectivity index is 0.000000205. The largest absolute Gasteiger partial charge is 1.00 e. The van der Waals surface area contributed by atoms with Crippen LogP contribution in [-0.4, -0.2) is 3.21 Å². The van der Waals surface area contributed by atoms with Crippen molar-refractivity contribution >= 4 is 35.9 Å². The number of allylic oxidation sites excluding steroid dienone is 8. The van der Waals surface area contributed by atoms with Crippen LogP contribution in [0.25, 0.3) is 32.7 Å². The first kappa shape index (κ1) is 43.6. The van der Waals surface area contributed by atoms with Crippen LogP contribution in [0, 0.1) is 23.1 Å². The summed E-state index contributed by atoms with van der Waals surface area (Å²) in [4.78, 5) is 0. The van der Waals surface area contributed by atoms with Gasteiger partial charge in [0.15, 0.2) is 0 Å². The molecule has 5 aromatic carbocycles. The van der Waals surface area contributed by atoms with E-state index in [4.69, 9.17) is 0 Å². The Morgan fingerprint density at radius 3 is 1.48 bits per heavy atom. The summed E-state index contributed by atoms with van der Waals surface area (Å²) >= 11 is 1.13. The normalized spacial score (nSPS) is 16.2. The van der Waals surface area contributed by atoms with Gasteiger partial charge in [0.1, 0.15) is 0 Å². The molecule has 0 saturated carbocycles. The number of benzene rings is 4. The minimum absolute atomic E-state index is 0. The van der Waals surface area contributed by atoms with E-state index in [9.17, 15) is 8.78 Å². The van der Waals surface area contributed by atoms with Crippen LogP contribution in [-0.2, 0) is 35.1 Å². The summed E-state index contributed by atoms with van der Waals surface area (Å²) in [6.45, 7) is 20.7. The van der Waals surface area contributed by atoms with E-state index in [1.54, 1.807) is 12.1 Å². The molecule has 54 heavy (non-hydrogen) atoms. The maximum absolute atomic E-state index is 13.0. The maximum atomic E-state index is 13.0. The van der Waals surface area contributed by atoms with E-state index in [0.29, 0.717) is 5.41 Å². The predicted octanol–water partition coefficient (Wildman–Crippen LogP) is 7.69. The van der Waals surface area contributed by atoms with E-state index in [2.05, 4.69) is 123 Å². The van der Waals surface area contributed by atoms with Crippen molar-refractivity contribution in [1.82, 2.24) is 0 Å². The zero-order valence-corrected chi connectivity index (χ0v) is 36.9. The van der Waals surface area contributed by atoms with E-state index in [1.807, 2.05) is 12.1 Å². The van der Waals surface area contributed by atoms with E-state index in [1.165, 1.54) is 84.8 Å². The Morgan fingerprint density at radius 2 is 1.13 bits per heavy atom. The molecule has 280 valence electrons. The molecule has 0 fully saturated rings. The van der Waals surface area contributed by atoms with Crippen LogP contribution in [0.3, 0.4) is 0 Å². The van der Waals surface area contributed by atoms with Gasteiger partial charge in [0.05, 0.1) is 0 Å². The number of hydrogen-bond donors (Lipinski definition) is 0. The standard InChI is InChI=1S/C27H29.C13H8F2.C9H13.2ClH.Zr/c1-16-7-9-26(3,4)24-12-18-11-19-13-25-21(17(2)8-10-27(25,5)6)15-23(19)22(18)14-20(16)24;14-12-5-1-3-10(8-12)7-11-4-2-6-13(15)9-11;1-9(2,3)8-6-4-5-7-8;;;/h7-8,11-15H,9-10H2,1-6H3;1-6,8-9H;6-7H,4H2,1-3H3;2*1H;/q-1;;-1;;;+2/p-2.